The Morgan fingerprint density at radius 2 is 1.88 bits per heavy atom. The Hall–Kier alpha value is -2.86. The molecule has 25 heavy (non-hydrogen) atoms. The molecule has 1 heterocycles. The summed E-state index contributed by atoms with van der Waals surface area (Å²) in [7, 11) is 1.62. The number of carbonyl (C=O) groups excluding carboxylic acids is 1. The number of aromatic nitrogens is 1. The van der Waals surface area contributed by atoms with E-state index in [0.29, 0.717) is 17.3 Å². The van der Waals surface area contributed by atoms with Crippen LogP contribution in [0, 0.1) is 6.92 Å². The van der Waals surface area contributed by atoms with Gasteiger partial charge in [0, 0.05) is 11.6 Å². The Morgan fingerprint density at radius 3 is 2.52 bits per heavy atom. The lowest BCUT2D eigenvalue weighted by molar-refractivity contribution is -0.254. The van der Waals surface area contributed by atoms with Gasteiger partial charge in [-0.2, -0.15) is 0 Å². The molecule has 0 fully saturated rings. The molecule has 0 aliphatic heterocycles. The SMILES string of the molecule is COc1cccc(OCc2ccc(-c3nc(C)c(C(=O)[O-])s3)cc2)c1. The van der Waals surface area contributed by atoms with E-state index in [1.165, 1.54) is 0 Å². The van der Waals surface area contributed by atoms with Crippen LogP contribution in [0.4, 0.5) is 0 Å². The van der Waals surface area contributed by atoms with Crippen LogP contribution in [-0.4, -0.2) is 18.1 Å². The van der Waals surface area contributed by atoms with Gasteiger partial charge in [-0.3, -0.25) is 0 Å². The van der Waals surface area contributed by atoms with Crippen molar-refractivity contribution < 1.29 is 19.4 Å². The molecule has 0 N–H and O–H groups in total. The molecule has 2 aromatic carbocycles. The fourth-order valence-electron chi connectivity index (χ4n) is 2.31. The lowest BCUT2D eigenvalue weighted by Gasteiger charge is -2.08. The molecule has 0 aliphatic carbocycles. The predicted molar refractivity (Wildman–Crippen MR) is 93.9 cm³/mol. The predicted octanol–water partition coefficient (Wildman–Crippen LogP) is 3.07. The van der Waals surface area contributed by atoms with Gasteiger partial charge < -0.3 is 19.4 Å². The van der Waals surface area contributed by atoms with Crippen LogP contribution in [0.1, 0.15) is 20.9 Å². The van der Waals surface area contributed by atoms with E-state index in [9.17, 15) is 9.90 Å². The summed E-state index contributed by atoms with van der Waals surface area (Å²) in [6.07, 6.45) is 0. The molecule has 0 radical (unpaired) electrons. The smallest absolute Gasteiger partial charge is 0.124 e. The van der Waals surface area contributed by atoms with Gasteiger partial charge in [-0.1, -0.05) is 30.3 Å². The first kappa shape index (κ1) is 17.0. The van der Waals surface area contributed by atoms with Crippen molar-refractivity contribution in [3.63, 3.8) is 0 Å². The van der Waals surface area contributed by atoms with Crippen LogP contribution in [0.2, 0.25) is 0 Å². The Morgan fingerprint density at radius 1 is 1.16 bits per heavy atom. The summed E-state index contributed by atoms with van der Waals surface area (Å²) >= 11 is 1.12. The first-order chi connectivity index (χ1) is 12.1. The standard InChI is InChI=1S/C19H17NO4S/c1-12-17(19(21)22)25-18(20-12)14-8-6-13(7-9-14)11-24-16-5-3-4-15(10-16)23-2/h3-10H,11H2,1-2H3,(H,21,22)/p-1. The molecule has 0 bridgehead atoms. The zero-order chi connectivity index (χ0) is 17.8. The molecule has 0 saturated heterocycles. The first-order valence-electron chi connectivity index (χ1n) is 7.62. The molecule has 3 aromatic rings. The molecule has 0 saturated carbocycles. The zero-order valence-corrected chi connectivity index (χ0v) is 14.6. The molecular weight excluding hydrogens is 338 g/mol. The second-order valence-electron chi connectivity index (χ2n) is 5.39. The third-order valence-corrected chi connectivity index (χ3v) is 4.82. The molecule has 5 nitrogen and oxygen atoms in total. The summed E-state index contributed by atoms with van der Waals surface area (Å²) in [4.78, 5) is 15.5. The fraction of sp³-hybridized carbons (Fsp3) is 0.158. The van der Waals surface area contributed by atoms with Gasteiger partial charge in [0.1, 0.15) is 23.1 Å². The average Bonchev–Trinajstić information content (AvgIpc) is 3.02. The Labute approximate surface area is 149 Å². The number of methoxy groups -OCH3 is 1. The van der Waals surface area contributed by atoms with Gasteiger partial charge in [-0.15, -0.1) is 11.3 Å². The van der Waals surface area contributed by atoms with Gasteiger partial charge in [0.2, 0.25) is 0 Å². The minimum absolute atomic E-state index is 0.167. The lowest BCUT2D eigenvalue weighted by atomic mass is 10.1. The number of ether oxygens (including phenoxy) is 2. The molecule has 6 heteroatoms. The van der Waals surface area contributed by atoms with Crippen LogP contribution in [0.15, 0.2) is 48.5 Å². The van der Waals surface area contributed by atoms with Crippen LogP contribution < -0.4 is 14.6 Å². The summed E-state index contributed by atoms with van der Waals surface area (Å²) in [6, 6.07) is 15.1. The maximum Gasteiger partial charge on any atom is 0.124 e. The summed E-state index contributed by atoms with van der Waals surface area (Å²) in [5.74, 6) is 0.290. The van der Waals surface area contributed by atoms with Crippen molar-refractivity contribution in [2.45, 2.75) is 13.5 Å². The van der Waals surface area contributed by atoms with Crippen LogP contribution in [0.3, 0.4) is 0 Å². The van der Waals surface area contributed by atoms with Crippen LogP contribution in [-0.2, 0) is 6.61 Å². The van der Waals surface area contributed by atoms with Gasteiger partial charge in [0.15, 0.2) is 0 Å². The first-order valence-corrected chi connectivity index (χ1v) is 8.43. The highest BCUT2D eigenvalue weighted by Crippen LogP contribution is 2.28. The third-order valence-electron chi connectivity index (χ3n) is 3.63. The van der Waals surface area contributed by atoms with Crippen LogP contribution in [0.5, 0.6) is 11.5 Å². The Kier molecular flexibility index (Phi) is 5.00. The van der Waals surface area contributed by atoms with E-state index in [2.05, 4.69) is 4.98 Å². The Bertz CT molecular complexity index is 887. The van der Waals surface area contributed by atoms with Crippen molar-refractivity contribution in [2.24, 2.45) is 0 Å². The highest BCUT2D eigenvalue weighted by molar-refractivity contribution is 7.17. The molecule has 0 aliphatic rings. The molecule has 0 spiro atoms. The molecule has 0 amide bonds. The number of rotatable bonds is 6. The molecule has 1 aromatic heterocycles. The fourth-order valence-corrected chi connectivity index (χ4v) is 3.22. The molecular formula is C19H16NO4S-. The number of hydrogen-bond donors (Lipinski definition) is 0. The number of carbonyl (C=O) groups is 1. The number of aryl methyl sites for hydroxylation is 1. The van der Waals surface area contributed by atoms with Gasteiger partial charge in [-0.25, -0.2) is 4.98 Å². The molecule has 3 rings (SSSR count). The van der Waals surface area contributed by atoms with E-state index >= 15 is 0 Å². The van der Waals surface area contributed by atoms with Crippen LogP contribution in [0.25, 0.3) is 10.6 Å². The summed E-state index contributed by atoms with van der Waals surface area (Å²) < 4.78 is 10.9. The third kappa shape index (κ3) is 3.97. The Balaban J connectivity index is 1.69. The van der Waals surface area contributed by atoms with Crippen molar-refractivity contribution in [3.8, 4) is 22.1 Å². The number of aromatic carboxylic acids is 1. The number of carboxylic acid groups (broad SMARTS) is 1. The second-order valence-corrected chi connectivity index (χ2v) is 6.38. The average molecular weight is 354 g/mol. The minimum atomic E-state index is -1.19. The monoisotopic (exact) mass is 354 g/mol. The summed E-state index contributed by atoms with van der Waals surface area (Å²) in [5.41, 5.74) is 2.34. The maximum atomic E-state index is 11.0. The van der Waals surface area contributed by atoms with Crippen molar-refractivity contribution in [1.29, 1.82) is 0 Å². The van der Waals surface area contributed by atoms with Crippen molar-refractivity contribution in [3.05, 3.63) is 64.7 Å². The number of nitrogens with zero attached hydrogens (tertiary/aromatic N) is 1. The molecule has 128 valence electrons. The van der Waals surface area contributed by atoms with E-state index < -0.39 is 5.97 Å². The van der Waals surface area contributed by atoms with Gasteiger partial charge >= 0.3 is 0 Å². The van der Waals surface area contributed by atoms with Gasteiger partial charge in [-0.05, 0) is 24.6 Å². The second kappa shape index (κ2) is 7.36. The van der Waals surface area contributed by atoms with E-state index in [1.54, 1.807) is 14.0 Å². The number of carboxylic acids is 1. The van der Waals surface area contributed by atoms with Crippen molar-refractivity contribution in [1.82, 2.24) is 4.98 Å². The normalized spacial score (nSPS) is 10.5. The quantitative estimate of drug-likeness (QED) is 0.680. The van der Waals surface area contributed by atoms with E-state index in [4.69, 9.17) is 9.47 Å². The van der Waals surface area contributed by atoms with Crippen molar-refractivity contribution in [2.75, 3.05) is 7.11 Å². The number of thiazole rings is 1. The largest absolute Gasteiger partial charge is 0.544 e. The van der Waals surface area contributed by atoms with Gasteiger partial charge in [0.25, 0.3) is 0 Å². The van der Waals surface area contributed by atoms with E-state index in [-0.39, 0.29) is 4.88 Å². The maximum absolute atomic E-state index is 11.0. The van der Waals surface area contributed by atoms with E-state index in [1.807, 2.05) is 48.5 Å². The van der Waals surface area contributed by atoms with E-state index in [0.717, 1.165) is 34.0 Å². The molecule has 0 atom stereocenters. The number of hydrogen-bond acceptors (Lipinski definition) is 6. The zero-order valence-electron chi connectivity index (χ0n) is 13.8. The van der Waals surface area contributed by atoms with Crippen LogP contribution >= 0.6 is 11.3 Å². The van der Waals surface area contributed by atoms with Crippen molar-refractivity contribution >= 4 is 17.3 Å². The minimum Gasteiger partial charge on any atom is -0.544 e. The van der Waals surface area contributed by atoms with Gasteiger partial charge in [0.05, 0.1) is 23.7 Å². The number of benzene rings is 2. The topological polar surface area (TPSA) is 71.5 Å². The highest BCUT2D eigenvalue weighted by atomic mass is 32.1. The molecule has 0 unspecified atom stereocenters. The highest BCUT2D eigenvalue weighted by Gasteiger charge is 2.10. The summed E-state index contributed by atoms with van der Waals surface area (Å²) in [5, 5.41) is 11.7. The summed E-state index contributed by atoms with van der Waals surface area (Å²) in [6.45, 7) is 2.09. The lowest BCUT2D eigenvalue weighted by Crippen LogP contribution is -2.21.